The summed E-state index contributed by atoms with van der Waals surface area (Å²) < 4.78 is 0. The fourth-order valence-electron chi connectivity index (χ4n) is 1.83. The van der Waals surface area contributed by atoms with E-state index in [0.717, 1.165) is 17.8 Å². The van der Waals surface area contributed by atoms with Crippen LogP contribution in [-0.2, 0) is 6.54 Å². The lowest BCUT2D eigenvalue weighted by atomic mass is 10.1. The van der Waals surface area contributed by atoms with Crippen molar-refractivity contribution in [2.45, 2.75) is 6.54 Å². The maximum absolute atomic E-state index is 12.2. The van der Waals surface area contributed by atoms with Crippen molar-refractivity contribution >= 4 is 23.2 Å². The van der Waals surface area contributed by atoms with Gasteiger partial charge in [0, 0.05) is 18.4 Å². The first-order valence-corrected chi connectivity index (χ1v) is 6.59. The summed E-state index contributed by atoms with van der Waals surface area (Å²) in [4.78, 5) is 18.1. The second-order valence-electron chi connectivity index (χ2n) is 4.72. The number of amides is 1. The van der Waals surface area contributed by atoms with Crippen LogP contribution in [0.25, 0.3) is 0 Å². The summed E-state index contributed by atoms with van der Waals surface area (Å²) in [7, 11) is 3.98. The predicted molar refractivity (Wildman–Crippen MR) is 81.0 cm³/mol. The zero-order valence-electron chi connectivity index (χ0n) is 11.4. The first-order chi connectivity index (χ1) is 9.56. The lowest BCUT2D eigenvalue weighted by Gasteiger charge is -2.14. The molecule has 4 nitrogen and oxygen atoms in total. The van der Waals surface area contributed by atoms with Gasteiger partial charge in [-0.25, -0.2) is 4.98 Å². The van der Waals surface area contributed by atoms with E-state index in [4.69, 9.17) is 11.6 Å². The van der Waals surface area contributed by atoms with E-state index >= 15 is 0 Å². The number of nitrogens with one attached hydrogen (secondary N) is 1. The Morgan fingerprint density at radius 1 is 1.25 bits per heavy atom. The lowest BCUT2D eigenvalue weighted by Crippen LogP contribution is -2.16. The highest BCUT2D eigenvalue weighted by molar-refractivity contribution is 6.29. The minimum Gasteiger partial charge on any atom is -0.322 e. The second-order valence-corrected chi connectivity index (χ2v) is 5.11. The van der Waals surface area contributed by atoms with Gasteiger partial charge in [-0.15, -0.1) is 0 Å². The summed E-state index contributed by atoms with van der Waals surface area (Å²) in [6, 6.07) is 11.0. The highest BCUT2D eigenvalue weighted by Crippen LogP contribution is 2.17. The molecule has 1 amide bonds. The number of hydrogen-bond donors (Lipinski definition) is 1. The maximum atomic E-state index is 12.2. The third kappa shape index (κ3) is 3.79. The number of aromatic nitrogens is 1. The third-order valence-electron chi connectivity index (χ3n) is 2.74. The molecule has 2 rings (SSSR count). The molecule has 1 N–H and O–H groups in total. The van der Waals surface area contributed by atoms with E-state index in [1.807, 2.05) is 38.4 Å². The van der Waals surface area contributed by atoms with Gasteiger partial charge < -0.3 is 10.2 Å². The molecular formula is C15H16ClN3O. The minimum absolute atomic E-state index is 0.194. The number of anilines is 1. The van der Waals surface area contributed by atoms with Crippen LogP contribution < -0.4 is 5.32 Å². The van der Waals surface area contributed by atoms with Crippen molar-refractivity contribution in [1.82, 2.24) is 9.88 Å². The number of carbonyl (C=O) groups is 1. The Kier molecular flexibility index (Phi) is 4.71. The van der Waals surface area contributed by atoms with Gasteiger partial charge in [-0.2, -0.15) is 0 Å². The zero-order chi connectivity index (χ0) is 14.5. The number of pyridine rings is 1. The van der Waals surface area contributed by atoms with Gasteiger partial charge in [0.1, 0.15) is 5.15 Å². The van der Waals surface area contributed by atoms with Crippen LogP contribution >= 0.6 is 11.6 Å². The molecule has 0 aliphatic rings. The summed E-state index contributed by atoms with van der Waals surface area (Å²) >= 11 is 5.71. The van der Waals surface area contributed by atoms with Gasteiger partial charge >= 0.3 is 0 Å². The molecule has 0 bridgehead atoms. The molecule has 104 valence electrons. The molecule has 0 radical (unpaired) electrons. The molecular weight excluding hydrogens is 274 g/mol. The van der Waals surface area contributed by atoms with Gasteiger partial charge in [-0.1, -0.05) is 29.8 Å². The summed E-state index contributed by atoms with van der Waals surface area (Å²) in [6.45, 7) is 0.759. The minimum atomic E-state index is -0.194. The van der Waals surface area contributed by atoms with Crippen LogP contribution in [0, 0.1) is 0 Å². The SMILES string of the molecule is CN(C)Cc1ccccc1NC(=O)c1ccc(Cl)nc1. The Balaban J connectivity index is 2.17. The van der Waals surface area contributed by atoms with Crippen LogP contribution in [0.2, 0.25) is 5.15 Å². The Morgan fingerprint density at radius 3 is 2.65 bits per heavy atom. The second kappa shape index (κ2) is 6.50. The number of rotatable bonds is 4. The molecule has 0 aliphatic heterocycles. The molecule has 0 atom stereocenters. The molecule has 1 heterocycles. The lowest BCUT2D eigenvalue weighted by molar-refractivity contribution is 0.102. The standard InChI is InChI=1S/C15H16ClN3O/c1-19(2)10-12-5-3-4-6-13(12)18-15(20)11-7-8-14(16)17-9-11/h3-9H,10H2,1-2H3,(H,18,20). The monoisotopic (exact) mass is 289 g/mol. The summed E-state index contributed by atoms with van der Waals surface area (Å²) in [5, 5.41) is 3.27. The molecule has 0 saturated carbocycles. The van der Waals surface area contributed by atoms with Crippen molar-refractivity contribution in [2.24, 2.45) is 0 Å². The molecule has 2 aromatic rings. The highest BCUT2D eigenvalue weighted by Gasteiger charge is 2.09. The third-order valence-corrected chi connectivity index (χ3v) is 2.97. The smallest absolute Gasteiger partial charge is 0.257 e. The van der Waals surface area contributed by atoms with Gasteiger partial charge in [0.05, 0.1) is 5.56 Å². The van der Waals surface area contributed by atoms with E-state index < -0.39 is 0 Å². The fourth-order valence-corrected chi connectivity index (χ4v) is 1.94. The van der Waals surface area contributed by atoms with Crippen molar-refractivity contribution in [3.8, 4) is 0 Å². The number of halogens is 1. The molecule has 1 aromatic carbocycles. The number of benzene rings is 1. The topological polar surface area (TPSA) is 45.2 Å². The van der Waals surface area contributed by atoms with Crippen LogP contribution in [0.1, 0.15) is 15.9 Å². The first-order valence-electron chi connectivity index (χ1n) is 6.22. The fraction of sp³-hybridized carbons (Fsp3) is 0.200. The molecule has 1 aromatic heterocycles. The maximum Gasteiger partial charge on any atom is 0.257 e. The highest BCUT2D eigenvalue weighted by atomic mass is 35.5. The van der Waals surface area contributed by atoms with E-state index in [9.17, 15) is 4.79 Å². The molecule has 0 fully saturated rings. The average Bonchev–Trinajstić information content (AvgIpc) is 2.41. The normalized spacial score (nSPS) is 10.6. The molecule has 0 aliphatic carbocycles. The summed E-state index contributed by atoms with van der Waals surface area (Å²) in [6.07, 6.45) is 1.46. The Hall–Kier alpha value is -1.91. The quantitative estimate of drug-likeness (QED) is 0.880. The number of hydrogen-bond acceptors (Lipinski definition) is 3. The van der Waals surface area contributed by atoms with Crippen LogP contribution in [0.15, 0.2) is 42.6 Å². The van der Waals surface area contributed by atoms with Crippen molar-refractivity contribution in [3.05, 3.63) is 58.9 Å². The number of para-hydroxylation sites is 1. The van der Waals surface area contributed by atoms with Crippen LogP contribution in [0.4, 0.5) is 5.69 Å². The predicted octanol–water partition coefficient (Wildman–Crippen LogP) is 3.05. The Labute approximate surface area is 123 Å². The van der Waals surface area contributed by atoms with Crippen molar-refractivity contribution in [1.29, 1.82) is 0 Å². The first kappa shape index (κ1) is 14.5. The van der Waals surface area contributed by atoms with Crippen molar-refractivity contribution in [2.75, 3.05) is 19.4 Å². The van der Waals surface area contributed by atoms with E-state index in [2.05, 4.69) is 15.2 Å². The van der Waals surface area contributed by atoms with Crippen LogP contribution in [0.5, 0.6) is 0 Å². The molecule has 0 saturated heterocycles. The van der Waals surface area contributed by atoms with E-state index in [1.54, 1.807) is 12.1 Å². The summed E-state index contributed by atoms with van der Waals surface area (Å²) in [5.41, 5.74) is 2.35. The number of carbonyl (C=O) groups excluding carboxylic acids is 1. The van der Waals surface area contributed by atoms with Crippen LogP contribution in [0.3, 0.4) is 0 Å². The van der Waals surface area contributed by atoms with Crippen molar-refractivity contribution in [3.63, 3.8) is 0 Å². The molecule has 5 heteroatoms. The average molecular weight is 290 g/mol. The van der Waals surface area contributed by atoms with Gasteiger partial charge in [-0.05, 0) is 37.9 Å². The van der Waals surface area contributed by atoms with E-state index in [0.29, 0.717) is 10.7 Å². The number of nitrogens with zero attached hydrogens (tertiary/aromatic N) is 2. The molecule has 20 heavy (non-hydrogen) atoms. The van der Waals surface area contributed by atoms with Gasteiger partial charge in [0.2, 0.25) is 0 Å². The van der Waals surface area contributed by atoms with E-state index in [1.165, 1.54) is 6.20 Å². The van der Waals surface area contributed by atoms with Crippen LogP contribution in [-0.4, -0.2) is 29.9 Å². The Bertz CT molecular complexity index is 596. The molecule has 0 spiro atoms. The summed E-state index contributed by atoms with van der Waals surface area (Å²) in [5.74, 6) is -0.194. The van der Waals surface area contributed by atoms with E-state index in [-0.39, 0.29) is 5.91 Å². The Morgan fingerprint density at radius 2 is 2.00 bits per heavy atom. The largest absolute Gasteiger partial charge is 0.322 e. The zero-order valence-corrected chi connectivity index (χ0v) is 12.2. The molecule has 0 unspecified atom stereocenters. The van der Waals surface area contributed by atoms with Gasteiger partial charge in [0.25, 0.3) is 5.91 Å². The van der Waals surface area contributed by atoms with Gasteiger partial charge in [-0.3, -0.25) is 4.79 Å². The van der Waals surface area contributed by atoms with Crippen molar-refractivity contribution < 1.29 is 4.79 Å². The van der Waals surface area contributed by atoms with Gasteiger partial charge in [0.15, 0.2) is 0 Å².